The van der Waals surface area contributed by atoms with Gasteiger partial charge >= 0.3 is 0 Å². The molecular weight excluding hydrogens is 284 g/mol. The van der Waals surface area contributed by atoms with Crippen LogP contribution in [0.4, 0.5) is 0 Å². The van der Waals surface area contributed by atoms with Gasteiger partial charge in [0.05, 0.1) is 19.2 Å². The van der Waals surface area contributed by atoms with Crippen molar-refractivity contribution in [1.29, 1.82) is 0 Å². The number of carbonyl (C=O) groups is 1. The number of carbonyl (C=O) groups excluding carboxylic acids is 1. The quantitative estimate of drug-likeness (QED) is 0.861. The van der Waals surface area contributed by atoms with Gasteiger partial charge in [-0.15, -0.1) is 11.3 Å². The minimum atomic E-state index is -0.0181. The van der Waals surface area contributed by atoms with E-state index in [0.29, 0.717) is 18.7 Å². The molecule has 108 valence electrons. The minimum Gasteiger partial charge on any atom is -0.479 e. The van der Waals surface area contributed by atoms with Crippen molar-refractivity contribution in [3.63, 3.8) is 0 Å². The molecule has 0 aliphatic rings. The third-order valence-electron chi connectivity index (χ3n) is 2.61. The first-order valence-electron chi connectivity index (χ1n) is 6.54. The van der Waals surface area contributed by atoms with Crippen LogP contribution in [-0.4, -0.2) is 24.0 Å². The molecule has 5 heteroatoms. The van der Waals surface area contributed by atoms with Crippen molar-refractivity contribution in [2.75, 3.05) is 13.2 Å². The van der Waals surface area contributed by atoms with Crippen LogP contribution in [0.2, 0.25) is 0 Å². The van der Waals surface area contributed by atoms with Crippen LogP contribution >= 0.6 is 11.3 Å². The number of aryl methyl sites for hydroxylation is 1. The zero-order valence-corrected chi connectivity index (χ0v) is 12.6. The first kappa shape index (κ1) is 15.1. The Balaban J connectivity index is 1.63. The monoisotopic (exact) mass is 300 g/mol. The molecule has 0 aliphatic heterocycles. The van der Waals surface area contributed by atoms with E-state index in [9.17, 15) is 4.79 Å². The van der Waals surface area contributed by atoms with Gasteiger partial charge in [0.15, 0.2) is 0 Å². The molecule has 0 aromatic carbocycles. The van der Waals surface area contributed by atoms with E-state index >= 15 is 0 Å². The lowest BCUT2D eigenvalue weighted by Crippen LogP contribution is -2.25. The summed E-state index contributed by atoms with van der Waals surface area (Å²) in [6.45, 7) is 2.54. The fraction of sp³-hybridized carbons (Fsp3) is 0.250. The lowest BCUT2D eigenvalue weighted by atomic mass is 10.3. The topological polar surface area (TPSA) is 51.2 Å². The van der Waals surface area contributed by atoms with Crippen LogP contribution in [-0.2, 0) is 11.2 Å². The van der Waals surface area contributed by atoms with Crippen LogP contribution in [0.25, 0.3) is 0 Å². The summed E-state index contributed by atoms with van der Waals surface area (Å²) in [6, 6.07) is 7.62. The molecule has 0 saturated carbocycles. The summed E-state index contributed by atoms with van der Waals surface area (Å²) < 4.78 is 5.41. The summed E-state index contributed by atoms with van der Waals surface area (Å²) in [5.74, 6) is 6.38. The van der Waals surface area contributed by atoms with Gasteiger partial charge in [0.1, 0.15) is 12.4 Å². The highest BCUT2D eigenvalue weighted by molar-refractivity contribution is 7.10. The Bertz CT molecular complexity index is 625. The number of rotatable bonds is 5. The molecule has 0 saturated heterocycles. The number of nitrogens with zero attached hydrogens (tertiary/aromatic N) is 1. The van der Waals surface area contributed by atoms with Crippen molar-refractivity contribution < 1.29 is 9.53 Å². The Hall–Kier alpha value is -2.32. The number of aromatic nitrogens is 1. The number of amides is 1. The van der Waals surface area contributed by atoms with Crippen LogP contribution in [0.5, 0.6) is 5.75 Å². The smallest absolute Gasteiger partial charge is 0.226 e. The molecule has 2 aromatic heterocycles. The molecule has 2 aromatic rings. The van der Waals surface area contributed by atoms with Crippen molar-refractivity contribution in [3.05, 3.63) is 46.4 Å². The standard InChI is InChI=1S/C16H16N2O2S/c1-13-6-7-14(12-18-13)20-9-3-2-8-17-16(19)11-15-5-4-10-21-15/h4-7,10,12H,8-9,11H2,1H3,(H,17,19). The number of hydrogen-bond acceptors (Lipinski definition) is 4. The van der Waals surface area contributed by atoms with Gasteiger partial charge in [-0.3, -0.25) is 9.78 Å². The molecule has 1 amide bonds. The summed E-state index contributed by atoms with van der Waals surface area (Å²) in [4.78, 5) is 16.8. The molecule has 2 heterocycles. The number of thiophene rings is 1. The maximum absolute atomic E-state index is 11.6. The molecule has 0 aliphatic carbocycles. The SMILES string of the molecule is Cc1ccc(OCC#CCNC(=O)Cc2cccs2)cn1. The van der Waals surface area contributed by atoms with Crippen molar-refractivity contribution in [1.82, 2.24) is 10.3 Å². The second-order valence-corrected chi connectivity index (χ2v) is 5.34. The largest absolute Gasteiger partial charge is 0.479 e. The van der Waals surface area contributed by atoms with Crippen LogP contribution in [0, 0.1) is 18.8 Å². The van der Waals surface area contributed by atoms with Crippen molar-refractivity contribution in [2.45, 2.75) is 13.3 Å². The molecule has 0 atom stereocenters. The Morgan fingerprint density at radius 2 is 2.29 bits per heavy atom. The molecule has 1 N–H and O–H groups in total. The first-order valence-corrected chi connectivity index (χ1v) is 7.42. The normalized spacial score (nSPS) is 9.57. The Morgan fingerprint density at radius 3 is 3.00 bits per heavy atom. The third-order valence-corrected chi connectivity index (χ3v) is 3.49. The van der Waals surface area contributed by atoms with Gasteiger partial charge in [0, 0.05) is 10.6 Å². The lowest BCUT2D eigenvalue weighted by molar-refractivity contribution is -0.120. The molecule has 0 spiro atoms. The summed E-state index contributed by atoms with van der Waals surface area (Å²) in [6.07, 6.45) is 2.07. The Kier molecular flexibility index (Phi) is 5.80. The predicted octanol–water partition coefficient (Wildman–Crippen LogP) is 2.19. The maximum atomic E-state index is 11.6. The number of hydrogen-bond donors (Lipinski definition) is 1. The van der Waals surface area contributed by atoms with E-state index in [0.717, 1.165) is 10.6 Å². The molecule has 0 radical (unpaired) electrons. The Labute approximate surface area is 128 Å². The van der Waals surface area contributed by atoms with E-state index in [4.69, 9.17) is 4.74 Å². The van der Waals surface area contributed by atoms with Gasteiger partial charge in [0.25, 0.3) is 0 Å². The van der Waals surface area contributed by atoms with Gasteiger partial charge in [0.2, 0.25) is 5.91 Å². The molecule has 0 fully saturated rings. The third kappa shape index (κ3) is 5.67. The molecule has 2 rings (SSSR count). The van der Waals surface area contributed by atoms with Gasteiger partial charge in [-0.05, 0) is 30.5 Å². The van der Waals surface area contributed by atoms with Gasteiger partial charge in [-0.1, -0.05) is 17.9 Å². The summed E-state index contributed by atoms with van der Waals surface area (Å²) in [5, 5.41) is 4.71. The maximum Gasteiger partial charge on any atom is 0.226 e. The highest BCUT2D eigenvalue weighted by atomic mass is 32.1. The van der Waals surface area contributed by atoms with Crippen LogP contribution in [0.1, 0.15) is 10.6 Å². The van der Waals surface area contributed by atoms with Crippen LogP contribution in [0.15, 0.2) is 35.8 Å². The van der Waals surface area contributed by atoms with E-state index in [1.54, 1.807) is 17.5 Å². The zero-order valence-electron chi connectivity index (χ0n) is 11.8. The molecule has 21 heavy (non-hydrogen) atoms. The van der Waals surface area contributed by atoms with Crippen LogP contribution < -0.4 is 10.1 Å². The van der Waals surface area contributed by atoms with Crippen molar-refractivity contribution in [2.24, 2.45) is 0 Å². The predicted molar refractivity (Wildman–Crippen MR) is 83.3 cm³/mol. The summed E-state index contributed by atoms with van der Waals surface area (Å²) in [5.41, 5.74) is 0.946. The van der Waals surface area contributed by atoms with Crippen LogP contribution in [0.3, 0.4) is 0 Å². The Morgan fingerprint density at radius 1 is 1.38 bits per heavy atom. The molecular formula is C16H16N2O2S. The van der Waals surface area contributed by atoms with Gasteiger partial charge < -0.3 is 10.1 Å². The number of nitrogens with one attached hydrogen (secondary N) is 1. The first-order chi connectivity index (χ1) is 10.2. The van der Waals surface area contributed by atoms with E-state index in [-0.39, 0.29) is 12.5 Å². The zero-order chi connectivity index (χ0) is 14.9. The van der Waals surface area contributed by atoms with Crippen molar-refractivity contribution in [3.8, 4) is 17.6 Å². The fourth-order valence-corrected chi connectivity index (χ4v) is 2.25. The van der Waals surface area contributed by atoms with E-state index in [1.807, 2.05) is 36.6 Å². The van der Waals surface area contributed by atoms with Crippen molar-refractivity contribution >= 4 is 17.2 Å². The minimum absolute atomic E-state index is 0.0181. The number of pyridine rings is 1. The average molecular weight is 300 g/mol. The summed E-state index contributed by atoms with van der Waals surface area (Å²) >= 11 is 1.57. The number of ether oxygens (including phenoxy) is 1. The van der Waals surface area contributed by atoms with E-state index in [1.165, 1.54) is 0 Å². The molecule has 0 unspecified atom stereocenters. The molecule has 4 nitrogen and oxygen atoms in total. The summed E-state index contributed by atoms with van der Waals surface area (Å²) in [7, 11) is 0. The van der Waals surface area contributed by atoms with Gasteiger partial charge in [-0.25, -0.2) is 0 Å². The highest BCUT2D eigenvalue weighted by Gasteiger charge is 2.01. The molecule has 0 bridgehead atoms. The highest BCUT2D eigenvalue weighted by Crippen LogP contribution is 2.08. The average Bonchev–Trinajstić information content (AvgIpc) is 2.97. The lowest BCUT2D eigenvalue weighted by Gasteiger charge is -2.01. The van der Waals surface area contributed by atoms with E-state index < -0.39 is 0 Å². The van der Waals surface area contributed by atoms with Gasteiger partial charge in [-0.2, -0.15) is 0 Å². The second-order valence-electron chi connectivity index (χ2n) is 4.31. The fourth-order valence-electron chi connectivity index (χ4n) is 1.55. The second kappa shape index (κ2) is 8.08. The van der Waals surface area contributed by atoms with E-state index in [2.05, 4.69) is 22.1 Å².